The first kappa shape index (κ1) is 15.6. The van der Waals surface area contributed by atoms with Gasteiger partial charge in [-0.1, -0.05) is 12.1 Å². The third-order valence-electron chi connectivity index (χ3n) is 4.31. The SMILES string of the molecule is COc1ccc(-c2ccnc3nc(N4CCOCC4)[nH]c(=O)c23)cc1. The zero-order chi connectivity index (χ0) is 17.2. The summed E-state index contributed by atoms with van der Waals surface area (Å²) in [5.41, 5.74) is 1.97. The third kappa shape index (κ3) is 2.94. The van der Waals surface area contributed by atoms with Crippen LogP contribution in [0.2, 0.25) is 0 Å². The van der Waals surface area contributed by atoms with E-state index >= 15 is 0 Å². The van der Waals surface area contributed by atoms with Crippen LogP contribution in [-0.4, -0.2) is 48.4 Å². The number of hydrogen-bond donors (Lipinski definition) is 1. The van der Waals surface area contributed by atoms with Crippen LogP contribution in [-0.2, 0) is 4.74 Å². The van der Waals surface area contributed by atoms with Crippen molar-refractivity contribution in [1.82, 2.24) is 15.0 Å². The second kappa shape index (κ2) is 6.52. The number of anilines is 1. The van der Waals surface area contributed by atoms with Crippen LogP contribution in [0.5, 0.6) is 5.75 Å². The predicted octanol–water partition coefficient (Wildman–Crippen LogP) is 1.83. The fraction of sp³-hybridized carbons (Fsp3) is 0.278. The summed E-state index contributed by atoms with van der Waals surface area (Å²) in [6.07, 6.45) is 1.68. The molecule has 0 spiro atoms. The normalized spacial score (nSPS) is 14.7. The van der Waals surface area contributed by atoms with Crippen molar-refractivity contribution in [3.8, 4) is 16.9 Å². The van der Waals surface area contributed by atoms with E-state index in [2.05, 4.69) is 15.0 Å². The summed E-state index contributed by atoms with van der Waals surface area (Å²) in [6, 6.07) is 9.40. The van der Waals surface area contributed by atoms with E-state index in [-0.39, 0.29) is 5.56 Å². The molecular weight excluding hydrogens is 320 g/mol. The Morgan fingerprint density at radius 3 is 2.64 bits per heavy atom. The van der Waals surface area contributed by atoms with Crippen molar-refractivity contribution in [3.63, 3.8) is 0 Å². The van der Waals surface area contributed by atoms with Crippen molar-refractivity contribution in [2.45, 2.75) is 0 Å². The van der Waals surface area contributed by atoms with Gasteiger partial charge in [-0.25, -0.2) is 4.98 Å². The highest BCUT2D eigenvalue weighted by atomic mass is 16.5. The van der Waals surface area contributed by atoms with Gasteiger partial charge in [0.1, 0.15) is 5.75 Å². The zero-order valence-electron chi connectivity index (χ0n) is 13.9. The lowest BCUT2D eigenvalue weighted by molar-refractivity contribution is 0.122. The van der Waals surface area contributed by atoms with Crippen molar-refractivity contribution < 1.29 is 9.47 Å². The fourth-order valence-corrected chi connectivity index (χ4v) is 2.99. The van der Waals surface area contributed by atoms with Gasteiger partial charge >= 0.3 is 0 Å². The zero-order valence-corrected chi connectivity index (χ0v) is 13.9. The minimum Gasteiger partial charge on any atom is -0.497 e. The van der Waals surface area contributed by atoms with Gasteiger partial charge in [0.25, 0.3) is 5.56 Å². The Morgan fingerprint density at radius 2 is 1.92 bits per heavy atom. The minimum absolute atomic E-state index is 0.189. The van der Waals surface area contributed by atoms with E-state index in [0.29, 0.717) is 43.3 Å². The average molecular weight is 338 g/mol. The number of morpholine rings is 1. The van der Waals surface area contributed by atoms with Crippen LogP contribution in [0, 0.1) is 0 Å². The maximum atomic E-state index is 12.7. The summed E-state index contributed by atoms with van der Waals surface area (Å²) in [5.74, 6) is 1.31. The first-order valence-corrected chi connectivity index (χ1v) is 8.12. The molecule has 1 fully saturated rings. The maximum Gasteiger partial charge on any atom is 0.262 e. The van der Waals surface area contributed by atoms with Gasteiger partial charge in [0, 0.05) is 19.3 Å². The van der Waals surface area contributed by atoms with Crippen LogP contribution in [0.4, 0.5) is 5.95 Å². The quantitative estimate of drug-likeness (QED) is 0.785. The molecule has 7 heteroatoms. The molecule has 4 rings (SSSR count). The number of fused-ring (bicyclic) bond motifs is 1. The number of aromatic nitrogens is 3. The van der Waals surface area contributed by atoms with E-state index in [0.717, 1.165) is 16.9 Å². The molecule has 3 heterocycles. The van der Waals surface area contributed by atoms with Gasteiger partial charge < -0.3 is 14.4 Å². The number of benzene rings is 1. The van der Waals surface area contributed by atoms with E-state index in [1.54, 1.807) is 13.3 Å². The van der Waals surface area contributed by atoms with Crippen molar-refractivity contribution in [2.24, 2.45) is 0 Å². The van der Waals surface area contributed by atoms with E-state index in [1.807, 2.05) is 35.2 Å². The Hall–Kier alpha value is -2.93. The number of ether oxygens (including phenoxy) is 2. The highest BCUT2D eigenvalue weighted by molar-refractivity contribution is 5.92. The molecule has 0 unspecified atom stereocenters. The molecule has 0 radical (unpaired) electrons. The fourth-order valence-electron chi connectivity index (χ4n) is 2.99. The van der Waals surface area contributed by atoms with Crippen LogP contribution in [0.25, 0.3) is 22.2 Å². The highest BCUT2D eigenvalue weighted by Crippen LogP contribution is 2.26. The lowest BCUT2D eigenvalue weighted by atomic mass is 10.0. The Bertz CT molecular complexity index is 947. The van der Waals surface area contributed by atoms with E-state index in [9.17, 15) is 4.79 Å². The molecular formula is C18H18N4O3. The van der Waals surface area contributed by atoms with Crippen LogP contribution in [0.3, 0.4) is 0 Å². The largest absolute Gasteiger partial charge is 0.497 e. The van der Waals surface area contributed by atoms with E-state index in [4.69, 9.17) is 9.47 Å². The molecule has 3 aromatic rings. The Kier molecular flexibility index (Phi) is 4.07. The lowest BCUT2D eigenvalue weighted by Crippen LogP contribution is -2.38. The van der Waals surface area contributed by atoms with Gasteiger partial charge in [0.05, 0.1) is 25.7 Å². The summed E-state index contributed by atoms with van der Waals surface area (Å²) < 4.78 is 10.5. The smallest absolute Gasteiger partial charge is 0.262 e. The Morgan fingerprint density at radius 1 is 1.16 bits per heavy atom. The number of H-pyrrole nitrogens is 1. The van der Waals surface area contributed by atoms with Crippen LogP contribution >= 0.6 is 0 Å². The maximum absolute atomic E-state index is 12.7. The van der Waals surface area contributed by atoms with Gasteiger partial charge in [0.15, 0.2) is 5.65 Å². The average Bonchev–Trinajstić information content (AvgIpc) is 2.68. The molecule has 2 aromatic heterocycles. The summed E-state index contributed by atoms with van der Waals surface area (Å²) in [4.78, 5) is 26.5. The van der Waals surface area contributed by atoms with Gasteiger partial charge in [-0.15, -0.1) is 0 Å². The second-order valence-electron chi connectivity index (χ2n) is 5.77. The summed E-state index contributed by atoms with van der Waals surface area (Å²) in [6.45, 7) is 2.65. The van der Waals surface area contributed by atoms with E-state index < -0.39 is 0 Å². The van der Waals surface area contributed by atoms with Gasteiger partial charge in [-0.3, -0.25) is 9.78 Å². The molecule has 0 bridgehead atoms. The molecule has 128 valence electrons. The first-order valence-electron chi connectivity index (χ1n) is 8.12. The molecule has 0 atom stereocenters. The van der Waals surface area contributed by atoms with Crippen molar-refractivity contribution in [2.75, 3.05) is 38.3 Å². The molecule has 0 aliphatic carbocycles. The minimum atomic E-state index is -0.189. The monoisotopic (exact) mass is 338 g/mol. The highest BCUT2D eigenvalue weighted by Gasteiger charge is 2.17. The van der Waals surface area contributed by atoms with E-state index in [1.165, 1.54) is 0 Å². The molecule has 1 aromatic carbocycles. The Balaban J connectivity index is 1.82. The second-order valence-corrected chi connectivity index (χ2v) is 5.77. The summed E-state index contributed by atoms with van der Waals surface area (Å²) in [7, 11) is 1.62. The van der Waals surface area contributed by atoms with Crippen molar-refractivity contribution in [3.05, 3.63) is 46.9 Å². The van der Waals surface area contributed by atoms with Crippen LogP contribution in [0.1, 0.15) is 0 Å². The number of methoxy groups -OCH3 is 1. The van der Waals surface area contributed by atoms with Crippen molar-refractivity contribution in [1.29, 1.82) is 0 Å². The van der Waals surface area contributed by atoms with Gasteiger partial charge in [0.2, 0.25) is 5.95 Å². The number of pyridine rings is 1. The van der Waals surface area contributed by atoms with Gasteiger partial charge in [-0.2, -0.15) is 4.98 Å². The van der Waals surface area contributed by atoms with Crippen molar-refractivity contribution >= 4 is 17.0 Å². The molecule has 1 N–H and O–H groups in total. The predicted molar refractivity (Wildman–Crippen MR) is 95.2 cm³/mol. The summed E-state index contributed by atoms with van der Waals surface area (Å²) >= 11 is 0. The number of rotatable bonds is 3. The topological polar surface area (TPSA) is 80.3 Å². The molecule has 0 amide bonds. The molecule has 1 aliphatic rings. The number of hydrogen-bond acceptors (Lipinski definition) is 6. The van der Waals surface area contributed by atoms with Crippen LogP contribution in [0.15, 0.2) is 41.3 Å². The number of aromatic amines is 1. The lowest BCUT2D eigenvalue weighted by Gasteiger charge is -2.27. The van der Waals surface area contributed by atoms with Gasteiger partial charge in [-0.05, 0) is 29.3 Å². The molecule has 7 nitrogen and oxygen atoms in total. The number of nitrogens with zero attached hydrogens (tertiary/aromatic N) is 3. The van der Waals surface area contributed by atoms with Crippen LogP contribution < -0.4 is 15.2 Å². The molecule has 1 saturated heterocycles. The molecule has 25 heavy (non-hydrogen) atoms. The molecule has 1 aliphatic heterocycles. The number of nitrogens with one attached hydrogen (secondary N) is 1. The summed E-state index contributed by atoms with van der Waals surface area (Å²) in [5, 5.41) is 0.490. The standard InChI is InChI=1S/C18H18N4O3/c1-24-13-4-2-12(3-5-13)14-6-7-19-16-15(14)17(23)21-18(20-16)22-8-10-25-11-9-22/h2-7H,8-11H2,1H3,(H,19,20,21,23). The Labute approximate surface area is 144 Å². The first-order chi connectivity index (χ1) is 12.3. The molecule has 0 saturated carbocycles. The third-order valence-corrected chi connectivity index (χ3v) is 4.31.